The zero-order valence-electron chi connectivity index (χ0n) is 51.6. The highest BCUT2D eigenvalue weighted by Crippen LogP contribution is 2.21. The molecule has 0 amide bonds. The van der Waals surface area contributed by atoms with Gasteiger partial charge in [0.2, 0.25) is 0 Å². The number of H-pyrrole nitrogens is 1. The molecule has 9 aromatic carbocycles. The van der Waals surface area contributed by atoms with Crippen molar-refractivity contribution in [2.24, 2.45) is 7.05 Å². The molecule has 14 rings (SSSR count). The van der Waals surface area contributed by atoms with E-state index in [0.29, 0.717) is 81.1 Å². The van der Waals surface area contributed by atoms with Crippen LogP contribution in [-0.2, 0) is 33.3 Å². The first kappa shape index (κ1) is 75.4. The second kappa shape index (κ2) is 34.9. The van der Waals surface area contributed by atoms with Crippen LogP contribution in [0.3, 0.4) is 0 Å². The third-order valence-corrected chi connectivity index (χ3v) is 15.2. The minimum absolute atomic E-state index is 0.0275. The average Bonchev–Trinajstić information content (AvgIpc) is 0.809. The minimum atomic E-state index is -0.765. The number of nitrogens with zero attached hydrogens (tertiary/aromatic N) is 4. The van der Waals surface area contributed by atoms with Gasteiger partial charge in [-0.2, -0.15) is 0 Å². The summed E-state index contributed by atoms with van der Waals surface area (Å²) in [6.07, 6.45) is 0. The van der Waals surface area contributed by atoms with E-state index in [-0.39, 0.29) is 53.3 Å². The molecule has 5 heterocycles. The van der Waals surface area contributed by atoms with Crippen LogP contribution in [0.4, 0.5) is 13.2 Å². The fourth-order valence-corrected chi connectivity index (χ4v) is 10.1. The first-order valence-corrected chi connectivity index (χ1v) is 32.7. The van der Waals surface area contributed by atoms with Crippen molar-refractivity contribution in [3.05, 3.63) is 364 Å². The van der Waals surface area contributed by atoms with Crippen molar-refractivity contribution < 1.29 is 40.4 Å². The van der Waals surface area contributed by atoms with Crippen LogP contribution < -0.4 is 56.9 Å². The molecule has 0 unspecified atom stereocenters. The molecule has 0 spiro atoms. The van der Waals surface area contributed by atoms with Gasteiger partial charge in [0.15, 0.2) is 0 Å². The Labute approximate surface area is 596 Å². The molecule has 14 aromatic rings. The van der Waals surface area contributed by atoms with Crippen LogP contribution in [0.25, 0.3) is 54.5 Å². The number of hydrogen-bond donors (Lipinski definition) is 2. The summed E-state index contributed by atoms with van der Waals surface area (Å²) in [4.78, 5) is 119. The Balaban J connectivity index is 0.000000155. The summed E-state index contributed by atoms with van der Waals surface area (Å²) in [6.45, 7) is 0.643. The Morgan fingerprint density at radius 2 is 0.650 bits per heavy atom. The third-order valence-electron chi connectivity index (χ3n) is 14.0. The number of halogens is 9. The zero-order chi connectivity index (χ0) is 72.5. The molecule has 21 nitrogen and oxygen atoms in total. The quantitative estimate of drug-likeness (QED) is 0.111. The molecule has 0 saturated carbocycles. The van der Waals surface area contributed by atoms with Gasteiger partial charge in [0.25, 0.3) is 0 Å². The molecule has 2 N–H and O–H groups in total. The zero-order valence-corrected chi connectivity index (χ0v) is 57.5. The van der Waals surface area contributed by atoms with Gasteiger partial charge in [0, 0.05) is 32.2 Å². The third kappa shape index (κ3) is 19.7. The highest BCUT2D eigenvalue weighted by atomic mass is 127. The van der Waals surface area contributed by atoms with Gasteiger partial charge < -0.3 is 27.2 Å². The van der Waals surface area contributed by atoms with Crippen LogP contribution in [0, 0.1) is 17.5 Å². The largest absolute Gasteiger partial charge is 0.422 e. The molecule has 0 saturated heterocycles. The summed E-state index contributed by atoms with van der Waals surface area (Å²) in [5, 5.41) is 11.9. The molecular formula is C70H48Cl5F3IN5O16. The van der Waals surface area contributed by atoms with Crippen LogP contribution in [0.15, 0.2) is 264 Å². The lowest BCUT2D eigenvalue weighted by Crippen LogP contribution is -2.25. The second-order valence-corrected chi connectivity index (χ2v) is 22.8. The molecule has 0 atom stereocenters. The molecule has 0 aliphatic rings. The van der Waals surface area contributed by atoms with Gasteiger partial charge in [0.1, 0.15) is 17.5 Å². The lowest BCUT2D eigenvalue weighted by Gasteiger charge is -2.08. The van der Waals surface area contributed by atoms with Crippen LogP contribution in [0.1, 0.15) is 22.3 Å². The predicted octanol–water partition coefficient (Wildman–Crippen LogP) is 12.9. The van der Waals surface area contributed by atoms with Crippen molar-refractivity contribution >= 4 is 135 Å². The first-order chi connectivity index (χ1) is 47.8. The number of fused-ring (bicyclic) bond motifs is 5. The number of alkyl halides is 1. The SMILES string of the molecule is CI.Cn1c(=O)oc(=O)c2cc(Cl)ccc21.O=c1[nH]c2ccc(Cl)cc2c(=O)o1.O=c1oc(=O)n(Cc2ccc(F)cc2)c2ccc(Cl)cc12.O=c1oc(=O)n(Cc2ccc(F)cc2)c2ccc(Cl)cc12.O=c1oc(=O)n(Cc2ccccc2)c2ccc(Cl)cc12.OCc1ccc(F)cc1. The molecular weight excluding hydrogens is 1530 g/mol. The average molecular weight is 1580 g/mol. The highest BCUT2D eigenvalue weighted by molar-refractivity contribution is 14.1. The van der Waals surface area contributed by atoms with Crippen LogP contribution in [0.5, 0.6) is 0 Å². The second-order valence-electron chi connectivity index (χ2n) is 20.6. The predicted molar refractivity (Wildman–Crippen MR) is 385 cm³/mol. The van der Waals surface area contributed by atoms with Gasteiger partial charge in [-0.05, 0) is 155 Å². The van der Waals surface area contributed by atoms with E-state index in [2.05, 4.69) is 36.4 Å². The maximum Gasteiger partial charge on any atom is 0.422 e. The number of rotatable bonds is 7. The number of aliphatic hydroxyl groups excluding tert-OH is 1. The fourth-order valence-electron chi connectivity index (χ4n) is 9.27. The van der Waals surface area contributed by atoms with Crippen molar-refractivity contribution in [3.8, 4) is 0 Å². The van der Waals surface area contributed by atoms with E-state index in [0.717, 1.165) is 11.1 Å². The van der Waals surface area contributed by atoms with E-state index in [4.69, 9.17) is 76.4 Å². The lowest BCUT2D eigenvalue weighted by molar-refractivity contribution is 0.281. The molecule has 30 heteroatoms. The highest BCUT2D eigenvalue weighted by Gasteiger charge is 2.15. The molecule has 0 bridgehead atoms. The number of aryl methyl sites for hydroxylation is 1. The minimum Gasteiger partial charge on any atom is -0.392 e. The Hall–Kier alpha value is -10.4. The van der Waals surface area contributed by atoms with Crippen LogP contribution >= 0.6 is 80.6 Å². The van der Waals surface area contributed by atoms with Crippen molar-refractivity contribution in [1.82, 2.24) is 23.3 Å². The summed E-state index contributed by atoms with van der Waals surface area (Å²) in [7, 11) is 1.53. The summed E-state index contributed by atoms with van der Waals surface area (Å²) >= 11 is 31.1. The van der Waals surface area contributed by atoms with Crippen LogP contribution in [0.2, 0.25) is 25.1 Å². The summed E-state index contributed by atoms with van der Waals surface area (Å²) in [5.74, 6) is -4.63. The molecule has 0 fully saturated rings. The number of aliphatic hydroxyl groups is 1. The lowest BCUT2D eigenvalue weighted by atomic mass is 10.2. The smallest absolute Gasteiger partial charge is 0.392 e. The van der Waals surface area contributed by atoms with E-state index in [1.54, 1.807) is 97.1 Å². The molecule has 0 aliphatic heterocycles. The number of aromatic nitrogens is 5. The van der Waals surface area contributed by atoms with Crippen molar-refractivity contribution in [3.63, 3.8) is 0 Å². The van der Waals surface area contributed by atoms with E-state index in [9.17, 15) is 61.1 Å². The van der Waals surface area contributed by atoms with Gasteiger partial charge in [-0.1, -0.05) is 147 Å². The van der Waals surface area contributed by atoms with E-state index < -0.39 is 56.9 Å². The number of benzene rings is 9. The summed E-state index contributed by atoms with van der Waals surface area (Å²) in [6, 6.07) is 50.0. The van der Waals surface area contributed by atoms with E-state index >= 15 is 0 Å². The van der Waals surface area contributed by atoms with Gasteiger partial charge in [-0.15, -0.1) is 0 Å². The van der Waals surface area contributed by atoms with E-state index in [1.165, 1.54) is 92.0 Å². The number of nitrogens with one attached hydrogen (secondary N) is 1. The standard InChI is InChI=1S/2C15H9ClFNO3.C15H10ClNO3.C9H6ClNO3.C8H4ClNO3.C7H7FO.CH3I/c2*16-10-3-6-13-12(7-10)14(19)21-15(20)18(13)8-9-1-4-11(17)5-2-9;16-11-6-7-13-12(8-11)14(18)20-15(19)17(13)9-10-4-2-1-3-5-10;1-11-7-3-2-5(10)4-6(7)8(12)14-9(11)13;9-4-1-2-6-5(3-4)7(11)13-8(12)10-6;8-7-3-1-6(5-9)2-4-7;1-2/h2*1-7H,8H2;1-8H,9H2;2-4H,1H3;1-3H,(H,10,12);1-4,9H,5H2;1H3. The maximum atomic E-state index is 12.9. The Morgan fingerprint density at radius 3 is 1.01 bits per heavy atom. The van der Waals surface area contributed by atoms with Crippen molar-refractivity contribution in [2.45, 2.75) is 26.2 Å². The van der Waals surface area contributed by atoms with Crippen molar-refractivity contribution in [1.29, 1.82) is 0 Å². The van der Waals surface area contributed by atoms with Gasteiger partial charge in [0.05, 0.1) is 80.8 Å². The normalized spacial score (nSPS) is 10.6. The molecule has 512 valence electrons. The molecule has 0 aliphatic carbocycles. The maximum absolute atomic E-state index is 12.9. The summed E-state index contributed by atoms with van der Waals surface area (Å²) in [5.41, 5.74) is 1.92. The van der Waals surface area contributed by atoms with E-state index in [1.807, 2.05) is 35.3 Å². The summed E-state index contributed by atoms with van der Waals surface area (Å²) < 4.78 is 66.2. The number of hydrogen-bond acceptors (Lipinski definition) is 16. The van der Waals surface area contributed by atoms with Gasteiger partial charge >= 0.3 is 56.9 Å². The first-order valence-electron chi connectivity index (χ1n) is 28.7. The molecule has 100 heavy (non-hydrogen) atoms. The Kier molecular flexibility index (Phi) is 26.3. The Morgan fingerprint density at radius 1 is 0.360 bits per heavy atom. The Bertz CT molecular complexity index is 5770. The van der Waals surface area contributed by atoms with Gasteiger partial charge in [-0.3, -0.25) is 23.3 Å². The van der Waals surface area contributed by atoms with Crippen molar-refractivity contribution in [2.75, 3.05) is 4.93 Å². The molecule has 0 radical (unpaired) electrons. The van der Waals surface area contributed by atoms with Crippen LogP contribution in [-0.4, -0.2) is 33.3 Å². The fraction of sp³-hybridized carbons (Fsp3) is 0.0857. The monoisotopic (exact) mass is 1570 g/mol. The molecule has 5 aromatic heterocycles. The topological polar surface area (TPSA) is 292 Å². The number of aromatic amines is 1. The van der Waals surface area contributed by atoms with Gasteiger partial charge in [-0.25, -0.2) is 61.1 Å².